The van der Waals surface area contributed by atoms with Crippen LogP contribution in [0.15, 0.2) is 23.6 Å². The number of benzene rings is 1. The molecule has 0 spiro atoms. The Balaban J connectivity index is 1.20. The van der Waals surface area contributed by atoms with E-state index in [0.29, 0.717) is 24.6 Å². The fourth-order valence-electron chi connectivity index (χ4n) is 5.63. The van der Waals surface area contributed by atoms with E-state index in [2.05, 4.69) is 23.2 Å². The van der Waals surface area contributed by atoms with Gasteiger partial charge in [-0.1, -0.05) is 18.9 Å². The van der Waals surface area contributed by atoms with Crippen molar-refractivity contribution in [3.8, 4) is 5.75 Å². The zero-order valence-corrected chi connectivity index (χ0v) is 18.9. The highest BCUT2D eigenvalue weighted by molar-refractivity contribution is 7.09. The number of aliphatic hydroxyl groups excluding tert-OH is 2. The average molecular weight is 444 g/mol. The minimum atomic E-state index is -0.387. The van der Waals surface area contributed by atoms with Gasteiger partial charge in [-0.05, 0) is 67.7 Å². The molecule has 2 aliphatic carbocycles. The number of aryl methyl sites for hydroxylation is 2. The molecule has 1 saturated carbocycles. The summed E-state index contributed by atoms with van der Waals surface area (Å²) < 4.78 is 12.6. The summed E-state index contributed by atoms with van der Waals surface area (Å²) in [6, 6.07) is 6.58. The first-order valence-electron chi connectivity index (χ1n) is 11.8. The van der Waals surface area contributed by atoms with Crippen LogP contribution in [-0.2, 0) is 24.2 Å². The molecule has 2 heterocycles. The summed E-state index contributed by atoms with van der Waals surface area (Å²) in [6.45, 7) is 0.511. The summed E-state index contributed by atoms with van der Waals surface area (Å²) in [4.78, 5) is 4.48. The number of nitrogens with zero attached hydrogens (tertiary/aromatic N) is 1. The fourth-order valence-corrected chi connectivity index (χ4v) is 6.51. The first-order chi connectivity index (χ1) is 15.2. The van der Waals surface area contributed by atoms with Crippen molar-refractivity contribution in [2.45, 2.75) is 82.7 Å². The van der Waals surface area contributed by atoms with Crippen molar-refractivity contribution >= 4 is 11.3 Å². The van der Waals surface area contributed by atoms with E-state index < -0.39 is 0 Å². The molecular weight excluding hydrogens is 410 g/mol. The van der Waals surface area contributed by atoms with E-state index in [1.807, 2.05) is 5.38 Å². The van der Waals surface area contributed by atoms with Crippen LogP contribution in [0, 0.1) is 11.8 Å². The van der Waals surface area contributed by atoms with Crippen LogP contribution >= 0.6 is 11.3 Å². The van der Waals surface area contributed by atoms with Gasteiger partial charge in [-0.15, -0.1) is 11.3 Å². The van der Waals surface area contributed by atoms with Crippen LogP contribution in [0.4, 0.5) is 0 Å². The van der Waals surface area contributed by atoms with Gasteiger partial charge in [-0.2, -0.15) is 0 Å². The van der Waals surface area contributed by atoms with E-state index in [-0.39, 0.29) is 30.8 Å². The lowest BCUT2D eigenvalue weighted by Crippen LogP contribution is -2.33. The van der Waals surface area contributed by atoms with Gasteiger partial charge in [0, 0.05) is 17.7 Å². The molecule has 168 valence electrons. The highest BCUT2D eigenvalue weighted by Crippen LogP contribution is 2.46. The Morgan fingerprint density at radius 1 is 1.10 bits per heavy atom. The average Bonchev–Trinajstić information content (AvgIpc) is 3.36. The van der Waals surface area contributed by atoms with Gasteiger partial charge in [0.2, 0.25) is 0 Å². The van der Waals surface area contributed by atoms with Crippen molar-refractivity contribution in [2.24, 2.45) is 11.8 Å². The Labute approximate surface area is 188 Å². The molecule has 1 aromatic carbocycles. The van der Waals surface area contributed by atoms with Gasteiger partial charge in [-0.3, -0.25) is 0 Å². The van der Waals surface area contributed by atoms with Crippen molar-refractivity contribution in [3.63, 3.8) is 0 Å². The second-order valence-corrected chi connectivity index (χ2v) is 10.3. The Kier molecular flexibility index (Phi) is 6.60. The van der Waals surface area contributed by atoms with E-state index in [9.17, 15) is 10.2 Å². The SMILES string of the molecule is OCc1csc([C@H]2CC[C@@H]3[C@@H](COc4ccc5c(c4)CCCCCC5)[C@@H](O)C[C@@H]3O2)n1. The standard InChI is InChI=1S/C25H33NO4S/c27-13-18-15-31-25(26-18)23-10-9-20-21(22(28)12-24(20)30-23)14-29-19-8-7-16-5-3-1-2-4-6-17(16)11-19/h7-8,11,15,20-24,27-28H,1-6,9-10,12-14H2/t20-,21-,22+,23-,24+/m1/s1. The molecule has 0 bridgehead atoms. The molecule has 0 amide bonds. The third-order valence-corrected chi connectivity index (χ3v) is 8.35. The molecule has 0 unspecified atom stereocenters. The van der Waals surface area contributed by atoms with Gasteiger partial charge in [0.15, 0.2) is 0 Å². The van der Waals surface area contributed by atoms with Crippen molar-refractivity contribution in [1.29, 1.82) is 0 Å². The number of rotatable bonds is 5. The zero-order valence-electron chi connectivity index (χ0n) is 18.0. The Bertz CT molecular complexity index is 884. The normalized spacial score (nSPS) is 30.8. The van der Waals surface area contributed by atoms with Crippen LogP contribution < -0.4 is 4.74 Å². The monoisotopic (exact) mass is 443 g/mol. The number of thiazole rings is 1. The van der Waals surface area contributed by atoms with E-state index in [4.69, 9.17) is 9.47 Å². The predicted molar refractivity (Wildman–Crippen MR) is 120 cm³/mol. The predicted octanol–water partition coefficient (Wildman–Crippen LogP) is 4.59. The molecule has 5 nitrogen and oxygen atoms in total. The van der Waals surface area contributed by atoms with E-state index in [1.165, 1.54) is 43.2 Å². The van der Waals surface area contributed by atoms with Crippen LogP contribution in [0.25, 0.3) is 0 Å². The number of fused-ring (bicyclic) bond motifs is 2. The molecule has 2 N–H and O–H groups in total. The number of ether oxygens (including phenoxy) is 2. The van der Waals surface area contributed by atoms with Crippen molar-refractivity contribution in [3.05, 3.63) is 45.4 Å². The largest absolute Gasteiger partial charge is 0.493 e. The van der Waals surface area contributed by atoms with Crippen LogP contribution in [0.1, 0.15) is 72.9 Å². The van der Waals surface area contributed by atoms with Crippen LogP contribution in [0.5, 0.6) is 5.75 Å². The topological polar surface area (TPSA) is 71.8 Å². The quantitative estimate of drug-likeness (QED) is 0.707. The zero-order chi connectivity index (χ0) is 21.2. The maximum atomic E-state index is 10.8. The van der Waals surface area contributed by atoms with Gasteiger partial charge < -0.3 is 19.7 Å². The summed E-state index contributed by atoms with van der Waals surface area (Å²) in [6.07, 6.45) is 9.77. The third kappa shape index (κ3) is 4.68. The fraction of sp³-hybridized carbons (Fsp3) is 0.640. The minimum absolute atomic E-state index is 0.0212. The molecule has 2 fully saturated rings. The van der Waals surface area contributed by atoms with Crippen molar-refractivity contribution < 1.29 is 19.7 Å². The lowest BCUT2D eigenvalue weighted by molar-refractivity contribution is -0.0812. The van der Waals surface area contributed by atoms with Gasteiger partial charge in [0.25, 0.3) is 0 Å². The summed E-state index contributed by atoms with van der Waals surface area (Å²) in [5.74, 6) is 1.37. The summed E-state index contributed by atoms with van der Waals surface area (Å²) in [5, 5.41) is 22.9. The number of hydrogen-bond donors (Lipinski definition) is 2. The molecule has 5 atom stereocenters. The Morgan fingerprint density at radius 3 is 2.74 bits per heavy atom. The first-order valence-corrected chi connectivity index (χ1v) is 12.7. The minimum Gasteiger partial charge on any atom is -0.493 e. The number of hydrogen-bond acceptors (Lipinski definition) is 6. The van der Waals surface area contributed by atoms with Crippen molar-refractivity contribution in [2.75, 3.05) is 6.61 Å². The third-order valence-electron chi connectivity index (χ3n) is 7.37. The molecule has 3 aliphatic rings. The summed E-state index contributed by atoms with van der Waals surface area (Å²) in [7, 11) is 0. The van der Waals surface area contributed by atoms with Gasteiger partial charge in [0.05, 0.1) is 31.1 Å². The maximum absolute atomic E-state index is 10.8. The maximum Gasteiger partial charge on any atom is 0.122 e. The van der Waals surface area contributed by atoms with E-state index in [1.54, 1.807) is 11.3 Å². The number of aliphatic hydroxyl groups is 2. The molecule has 6 heteroatoms. The van der Waals surface area contributed by atoms with Gasteiger partial charge in [-0.25, -0.2) is 4.98 Å². The second-order valence-electron chi connectivity index (χ2n) is 9.36. The van der Waals surface area contributed by atoms with E-state index in [0.717, 1.165) is 30.0 Å². The number of aromatic nitrogens is 1. The molecule has 31 heavy (non-hydrogen) atoms. The highest BCUT2D eigenvalue weighted by atomic mass is 32.1. The molecule has 0 radical (unpaired) electrons. The van der Waals surface area contributed by atoms with Crippen LogP contribution in [-0.4, -0.2) is 34.0 Å². The Hall–Kier alpha value is -1.47. The smallest absolute Gasteiger partial charge is 0.122 e. The molecule has 1 aliphatic heterocycles. The Morgan fingerprint density at radius 2 is 1.94 bits per heavy atom. The second kappa shape index (κ2) is 9.57. The molecule has 1 aromatic heterocycles. The molecule has 5 rings (SSSR count). The lowest BCUT2D eigenvalue weighted by atomic mass is 9.87. The summed E-state index contributed by atoms with van der Waals surface area (Å²) in [5.41, 5.74) is 3.63. The van der Waals surface area contributed by atoms with Gasteiger partial charge in [0.1, 0.15) is 16.9 Å². The molecule has 2 aromatic rings. The van der Waals surface area contributed by atoms with Gasteiger partial charge >= 0.3 is 0 Å². The highest BCUT2D eigenvalue weighted by Gasteiger charge is 2.47. The first kappa shape index (κ1) is 21.4. The molecular formula is C25H33NO4S. The van der Waals surface area contributed by atoms with Crippen molar-refractivity contribution in [1.82, 2.24) is 4.98 Å². The summed E-state index contributed by atoms with van der Waals surface area (Å²) >= 11 is 1.55. The van der Waals surface area contributed by atoms with Crippen LogP contribution in [0.3, 0.4) is 0 Å². The lowest BCUT2D eigenvalue weighted by Gasteiger charge is -2.33. The van der Waals surface area contributed by atoms with Crippen LogP contribution in [0.2, 0.25) is 0 Å². The van der Waals surface area contributed by atoms with E-state index >= 15 is 0 Å². The molecule has 1 saturated heterocycles.